The summed E-state index contributed by atoms with van der Waals surface area (Å²) in [4.78, 5) is 4.86. The van der Waals surface area contributed by atoms with E-state index in [1.165, 1.54) is 25.2 Å². The maximum absolute atomic E-state index is 3.91. The fraction of sp³-hybridized carbons (Fsp3) is 0.833. The zero-order valence-corrected chi connectivity index (χ0v) is 10.4. The van der Waals surface area contributed by atoms with Crippen LogP contribution in [0.2, 0.25) is 0 Å². The number of hydrogen-bond donors (Lipinski definition) is 1. The van der Waals surface area contributed by atoms with Crippen LogP contribution < -0.4 is 5.32 Å². The Morgan fingerprint density at radius 3 is 2.80 bits per heavy atom. The van der Waals surface area contributed by atoms with Crippen LogP contribution >= 0.6 is 0 Å². The third-order valence-electron chi connectivity index (χ3n) is 3.09. The van der Waals surface area contributed by atoms with Gasteiger partial charge in [0.15, 0.2) is 0 Å². The fourth-order valence-electron chi connectivity index (χ4n) is 1.89. The number of piperazine rings is 1. The lowest BCUT2D eigenvalue weighted by Crippen LogP contribution is -2.53. The van der Waals surface area contributed by atoms with Crippen LogP contribution in [0.1, 0.15) is 13.3 Å². The van der Waals surface area contributed by atoms with Crippen molar-refractivity contribution in [3.8, 4) is 0 Å². The van der Waals surface area contributed by atoms with Crippen molar-refractivity contribution < 1.29 is 0 Å². The fourth-order valence-corrected chi connectivity index (χ4v) is 1.89. The van der Waals surface area contributed by atoms with Gasteiger partial charge in [-0.3, -0.25) is 4.90 Å². The van der Waals surface area contributed by atoms with Crippen molar-refractivity contribution in [2.45, 2.75) is 19.4 Å². The molecule has 0 spiro atoms. The van der Waals surface area contributed by atoms with Crippen LogP contribution in [0.4, 0.5) is 0 Å². The minimum absolute atomic E-state index is 0.661. The van der Waals surface area contributed by atoms with Gasteiger partial charge < -0.3 is 10.2 Å². The normalized spacial score (nSPS) is 24.3. The predicted octanol–water partition coefficient (Wildman–Crippen LogP) is 0.788. The second kappa shape index (κ2) is 6.26. The second-order valence-electron chi connectivity index (χ2n) is 4.81. The van der Waals surface area contributed by atoms with Gasteiger partial charge in [-0.1, -0.05) is 5.57 Å². The third kappa shape index (κ3) is 4.78. The highest BCUT2D eigenvalue weighted by Crippen LogP contribution is 2.04. The molecule has 88 valence electrons. The van der Waals surface area contributed by atoms with Crippen LogP contribution in [-0.2, 0) is 0 Å². The van der Waals surface area contributed by atoms with E-state index in [-0.39, 0.29) is 0 Å². The lowest BCUT2D eigenvalue weighted by molar-refractivity contribution is 0.113. The molecule has 1 saturated heterocycles. The van der Waals surface area contributed by atoms with Gasteiger partial charge in [0.2, 0.25) is 0 Å². The van der Waals surface area contributed by atoms with E-state index in [1.807, 2.05) is 0 Å². The van der Waals surface area contributed by atoms with E-state index >= 15 is 0 Å². The smallest absolute Gasteiger partial charge is 0.0345 e. The van der Waals surface area contributed by atoms with E-state index in [0.29, 0.717) is 6.04 Å². The van der Waals surface area contributed by atoms with Gasteiger partial charge in [-0.15, -0.1) is 6.58 Å². The molecule has 1 unspecified atom stereocenters. The summed E-state index contributed by atoms with van der Waals surface area (Å²) in [6.45, 7) is 11.7. The van der Waals surface area contributed by atoms with Crippen molar-refractivity contribution in [1.82, 2.24) is 15.1 Å². The summed E-state index contributed by atoms with van der Waals surface area (Å²) in [5.41, 5.74) is 1.26. The minimum atomic E-state index is 0.661. The molecule has 15 heavy (non-hydrogen) atoms. The molecule has 1 rings (SSSR count). The Kier molecular flexibility index (Phi) is 5.29. The van der Waals surface area contributed by atoms with Crippen molar-refractivity contribution in [3.63, 3.8) is 0 Å². The first-order valence-electron chi connectivity index (χ1n) is 5.83. The highest BCUT2D eigenvalue weighted by Gasteiger charge is 2.21. The Labute approximate surface area is 94.1 Å². The van der Waals surface area contributed by atoms with Crippen molar-refractivity contribution in [2.24, 2.45) is 0 Å². The summed E-state index contributed by atoms with van der Waals surface area (Å²) in [6.07, 6.45) is 1.09. The molecule has 0 radical (unpaired) electrons. The molecule has 1 atom stereocenters. The van der Waals surface area contributed by atoms with E-state index in [2.05, 4.69) is 42.7 Å². The molecular formula is C12H25N3. The largest absolute Gasteiger partial charge is 0.315 e. The van der Waals surface area contributed by atoms with Gasteiger partial charge in [0.05, 0.1) is 0 Å². The second-order valence-corrected chi connectivity index (χ2v) is 4.81. The van der Waals surface area contributed by atoms with E-state index in [0.717, 1.165) is 19.5 Å². The Bertz CT molecular complexity index is 203. The number of likely N-dealkylation sites (N-methyl/N-ethyl adjacent to an activating group) is 2. The van der Waals surface area contributed by atoms with E-state index in [1.54, 1.807) is 0 Å². The Morgan fingerprint density at radius 1 is 1.40 bits per heavy atom. The summed E-state index contributed by atoms with van der Waals surface area (Å²) in [6, 6.07) is 0.661. The summed E-state index contributed by atoms with van der Waals surface area (Å²) in [7, 11) is 4.42. The van der Waals surface area contributed by atoms with Crippen molar-refractivity contribution in [3.05, 3.63) is 12.2 Å². The van der Waals surface area contributed by atoms with E-state index in [9.17, 15) is 0 Å². The zero-order chi connectivity index (χ0) is 11.3. The van der Waals surface area contributed by atoms with Gasteiger partial charge in [0.1, 0.15) is 0 Å². The number of nitrogens with one attached hydrogen (secondary N) is 1. The molecule has 3 heteroatoms. The molecule has 0 bridgehead atoms. The Morgan fingerprint density at radius 2 is 2.13 bits per heavy atom. The number of nitrogens with zero attached hydrogens (tertiary/aromatic N) is 2. The first-order chi connectivity index (χ1) is 7.09. The Hall–Kier alpha value is -0.380. The SMILES string of the molecule is C=C(C)CCNCC1CN(C)CCN1C. The number of hydrogen-bond acceptors (Lipinski definition) is 3. The van der Waals surface area contributed by atoms with Gasteiger partial charge in [-0.05, 0) is 34.0 Å². The molecule has 0 aliphatic carbocycles. The van der Waals surface area contributed by atoms with Crippen molar-refractivity contribution in [1.29, 1.82) is 0 Å². The average molecular weight is 211 g/mol. The molecule has 0 amide bonds. The molecule has 0 aromatic rings. The van der Waals surface area contributed by atoms with Crippen LogP contribution in [-0.4, -0.2) is 62.7 Å². The van der Waals surface area contributed by atoms with Crippen LogP contribution in [0.3, 0.4) is 0 Å². The van der Waals surface area contributed by atoms with Crippen LogP contribution in [0.25, 0.3) is 0 Å². The molecular weight excluding hydrogens is 186 g/mol. The maximum Gasteiger partial charge on any atom is 0.0345 e. The van der Waals surface area contributed by atoms with Gasteiger partial charge in [0, 0.05) is 32.2 Å². The topological polar surface area (TPSA) is 18.5 Å². The Balaban J connectivity index is 2.16. The van der Waals surface area contributed by atoms with Gasteiger partial charge in [0.25, 0.3) is 0 Å². The number of rotatable bonds is 5. The lowest BCUT2D eigenvalue weighted by Gasteiger charge is -2.37. The zero-order valence-electron chi connectivity index (χ0n) is 10.4. The minimum Gasteiger partial charge on any atom is -0.315 e. The highest BCUT2D eigenvalue weighted by atomic mass is 15.3. The van der Waals surface area contributed by atoms with Crippen LogP contribution in [0, 0.1) is 0 Å². The molecule has 0 saturated carbocycles. The molecule has 3 nitrogen and oxygen atoms in total. The quantitative estimate of drug-likeness (QED) is 0.536. The molecule has 0 aromatic carbocycles. The van der Waals surface area contributed by atoms with Gasteiger partial charge in [-0.25, -0.2) is 0 Å². The van der Waals surface area contributed by atoms with Gasteiger partial charge in [-0.2, -0.15) is 0 Å². The highest BCUT2D eigenvalue weighted by molar-refractivity contribution is 4.88. The predicted molar refractivity (Wildman–Crippen MR) is 66.2 cm³/mol. The lowest BCUT2D eigenvalue weighted by atomic mass is 10.2. The van der Waals surface area contributed by atoms with Gasteiger partial charge >= 0.3 is 0 Å². The first kappa shape index (κ1) is 12.7. The monoisotopic (exact) mass is 211 g/mol. The summed E-state index contributed by atoms with van der Waals surface area (Å²) in [5, 5.41) is 3.51. The first-order valence-corrected chi connectivity index (χ1v) is 5.83. The third-order valence-corrected chi connectivity index (χ3v) is 3.09. The van der Waals surface area contributed by atoms with E-state index in [4.69, 9.17) is 0 Å². The summed E-state index contributed by atoms with van der Waals surface area (Å²) in [5.74, 6) is 0. The van der Waals surface area contributed by atoms with Crippen LogP contribution in [0.15, 0.2) is 12.2 Å². The van der Waals surface area contributed by atoms with Crippen LogP contribution in [0.5, 0.6) is 0 Å². The molecule has 1 aliphatic rings. The average Bonchev–Trinajstić information content (AvgIpc) is 2.17. The molecule has 1 aliphatic heterocycles. The molecule has 1 N–H and O–H groups in total. The van der Waals surface area contributed by atoms with Crippen molar-refractivity contribution >= 4 is 0 Å². The van der Waals surface area contributed by atoms with E-state index < -0.39 is 0 Å². The standard InChI is InChI=1S/C12H25N3/c1-11(2)5-6-13-9-12-10-14(3)7-8-15(12)4/h12-13H,1,5-10H2,2-4H3. The molecule has 1 fully saturated rings. The maximum atomic E-state index is 3.91. The molecule has 1 heterocycles. The summed E-state index contributed by atoms with van der Waals surface area (Å²) < 4.78 is 0. The molecule has 0 aromatic heterocycles. The summed E-state index contributed by atoms with van der Waals surface area (Å²) >= 11 is 0. The van der Waals surface area contributed by atoms with Crippen molar-refractivity contribution in [2.75, 3.05) is 46.8 Å².